The molecule has 0 saturated carbocycles. The van der Waals surface area contributed by atoms with Gasteiger partial charge in [0, 0.05) is 19.7 Å². The third-order valence-corrected chi connectivity index (χ3v) is 4.04. The number of methoxy groups -OCH3 is 1. The molecule has 0 fully saturated rings. The van der Waals surface area contributed by atoms with Crippen LogP contribution in [0.2, 0.25) is 0 Å². The molecule has 2 atom stereocenters. The lowest BCUT2D eigenvalue weighted by atomic mass is 10.0. The summed E-state index contributed by atoms with van der Waals surface area (Å²) in [6.45, 7) is 8.62. The van der Waals surface area contributed by atoms with Gasteiger partial charge in [-0.25, -0.2) is 0 Å². The Bertz CT molecular complexity index is 506. The predicted octanol–water partition coefficient (Wildman–Crippen LogP) is 3.43. The van der Waals surface area contributed by atoms with E-state index in [4.69, 9.17) is 9.47 Å². The molecule has 0 spiro atoms. The number of halogens is 1. The summed E-state index contributed by atoms with van der Waals surface area (Å²) in [6.07, 6.45) is 2.99. The minimum absolute atomic E-state index is 0. The van der Waals surface area contributed by atoms with Crippen molar-refractivity contribution in [2.24, 2.45) is 10.9 Å². The molecule has 1 aromatic carbocycles. The zero-order chi connectivity index (χ0) is 19.2. The second-order valence-corrected chi connectivity index (χ2v) is 6.37. The summed E-state index contributed by atoms with van der Waals surface area (Å²) in [6, 6.07) is 7.57. The number of hydrogen-bond acceptors (Lipinski definition) is 4. The first-order valence-electron chi connectivity index (χ1n) is 9.56. The molecule has 1 aromatic rings. The molecule has 27 heavy (non-hydrogen) atoms. The highest BCUT2D eigenvalue weighted by Gasteiger charge is 2.09. The number of guanidine groups is 1. The summed E-state index contributed by atoms with van der Waals surface area (Å²) < 4.78 is 11.1. The van der Waals surface area contributed by atoms with Crippen LogP contribution in [0, 0.1) is 5.92 Å². The average molecular weight is 493 g/mol. The molecule has 7 heteroatoms. The number of nitrogens with zero attached hydrogens (tertiary/aromatic N) is 1. The third kappa shape index (κ3) is 11.3. The minimum Gasteiger partial charge on any atom is -0.497 e. The van der Waals surface area contributed by atoms with Gasteiger partial charge in [0.1, 0.15) is 17.6 Å². The first-order chi connectivity index (χ1) is 12.6. The fourth-order valence-corrected chi connectivity index (χ4v) is 2.65. The van der Waals surface area contributed by atoms with Crippen LogP contribution in [0.4, 0.5) is 0 Å². The lowest BCUT2D eigenvalue weighted by Gasteiger charge is -2.19. The first kappa shape index (κ1) is 25.8. The number of benzene rings is 1. The largest absolute Gasteiger partial charge is 0.497 e. The van der Waals surface area contributed by atoms with Crippen LogP contribution in [-0.4, -0.2) is 50.5 Å². The first-order valence-corrected chi connectivity index (χ1v) is 9.56. The smallest absolute Gasteiger partial charge is 0.191 e. The fraction of sp³-hybridized carbons (Fsp3) is 0.650. The van der Waals surface area contributed by atoms with Crippen molar-refractivity contribution in [2.75, 3.05) is 33.4 Å². The molecule has 3 N–H and O–H groups in total. The van der Waals surface area contributed by atoms with Gasteiger partial charge in [0.25, 0.3) is 0 Å². The Morgan fingerprint density at radius 3 is 2.33 bits per heavy atom. The molecular formula is C20H36IN3O3. The molecule has 2 unspecified atom stereocenters. The maximum absolute atomic E-state index is 9.18. The Morgan fingerprint density at radius 1 is 1.11 bits per heavy atom. The standard InChI is InChI=1S/C20H35N3O3.HI/c1-5-7-17(12-13-24)15-23-20(21-6-2)22-14-16(3)26-19-10-8-18(25-4)9-11-19;/h8-11,16-17,24H,5-7,12-15H2,1-4H3,(H2,21,22,23);1H. The van der Waals surface area contributed by atoms with Crippen molar-refractivity contribution in [1.82, 2.24) is 10.6 Å². The highest BCUT2D eigenvalue weighted by atomic mass is 127. The van der Waals surface area contributed by atoms with Crippen LogP contribution >= 0.6 is 24.0 Å². The van der Waals surface area contributed by atoms with Crippen molar-refractivity contribution >= 4 is 29.9 Å². The Morgan fingerprint density at radius 2 is 1.78 bits per heavy atom. The molecule has 6 nitrogen and oxygen atoms in total. The van der Waals surface area contributed by atoms with E-state index in [1.165, 1.54) is 0 Å². The summed E-state index contributed by atoms with van der Waals surface area (Å²) in [4.78, 5) is 4.66. The topological polar surface area (TPSA) is 75.1 Å². The lowest BCUT2D eigenvalue weighted by Crippen LogP contribution is -2.42. The summed E-state index contributed by atoms with van der Waals surface area (Å²) in [5, 5.41) is 15.8. The molecule has 0 aliphatic rings. The van der Waals surface area contributed by atoms with Gasteiger partial charge in [-0.3, -0.25) is 4.99 Å². The third-order valence-electron chi connectivity index (χ3n) is 4.04. The van der Waals surface area contributed by atoms with E-state index < -0.39 is 0 Å². The molecule has 0 amide bonds. The van der Waals surface area contributed by atoms with Crippen LogP contribution < -0.4 is 20.1 Å². The van der Waals surface area contributed by atoms with Gasteiger partial charge in [0.2, 0.25) is 0 Å². The van der Waals surface area contributed by atoms with Crippen molar-refractivity contribution in [3.63, 3.8) is 0 Å². The van der Waals surface area contributed by atoms with Gasteiger partial charge in [-0.2, -0.15) is 0 Å². The van der Waals surface area contributed by atoms with Crippen LogP contribution in [0.25, 0.3) is 0 Å². The van der Waals surface area contributed by atoms with E-state index >= 15 is 0 Å². The van der Waals surface area contributed by atoms with Gasteiger partial charge < -0.3 is 25.2 Å². The van der Waals surface area contributed by atoms with Crippen LogP contribution in [-0.2, 0) is 0 Å². The molecule has 0 aliphatic heterocycles. The van der Waals surface area contributed by atoms with E-state index in [2.05, 4.69) is 22.5 Å². The number of aliphatic hydroxyl groups excluding tert-OH is 1. The summed E-state index contributed by atoms with van der Waals surface area (Å²) >= 11 is 0. The number of aliphatic hydroxyl groups is 1. The Hall–Kier alpha value is -1.22. The number of ether oxygens (including phenoxy) is 2. The van der Waals surface area contributed by atoms with Crippen molar-refractivity contribution in [2.45, 2.75) is 46.1 Å². The highest BCUT2D eigenvalue weighted by molar-refractivity contribution is 14.0. The Balaban J connectivity index is 0.00000676. The fourth-order valence-electron chi connectivity index (χ4n) is 2.65. The van der Waals surface area contributed by atoms with Gasteiger partial charge in [0.15, 0.2) is 5.96 Å². The Kier molecular flexibility index (Phi) is 15.1. The van der Waals surface area contributed by atoms with E-state index in [-0.39, 0.29) is 36.7 Å². The number of hydrogen-bond donors (Lipinski definition) is 3. The quantitative estimate of drug-likeness (QED) is 0.236. The maximum Gasteiger partial charge on any atom is 0.191 e. The van der Waals surface area contributed by atoms with Gasteiger partial charge >= 0.3 is 0 Å². The lowest BCUT2D eigenvalue weighted by molar-refractivity contribution is 0.223. The Labute approximate surface area is 181 Å². The SMILES string of the molecule is CCCC(CCO)CN=C(NCC)NCC(C)Oc1ccc(OC)cc1.I. The number of rotatable bonds is 12. The van der Waals surface area contributed by atoms with Crippen molar-refractivity contribution in [1.29, 1.82) is 0 Å². The van der Waals surface area contributed by atoms with Gasteiger partial charge in [-0.05, 0) is 56.9 Å². The van der Waals surface area contributed by atoms with E-state index in [0.717, 1.165) is 49.8 Å². The number of aliphatic imine (C=N–C) groups is 1. The molecule has 0 heterocycles. The second kappa shape index (κ2) is 15.8. The van der Waals surface area contributed by atoms with E-state index in [1.54, 1.807) is 7.11 Å². The van der Waals surface area contributed by atoms with Crippen LogP contribution in [0.5, 0.6) is 11.5 Å². The molecule has 0 aliphatic carbocycles. The monoisotopic (exact) mass is 493 g/mol. The molecule has 0 saturated heterocycles. The van der Waals surface area contributed by atoms with E-state index in [9.17, 15) is 5.11 Å². The molecule has 0 bridgehead atoms. The zero-order valence-corrected chi connectivity index (χ0v) is 19.4. The van der Waals surface area contributed by atoms with Crippen molar-refractivity contribution in [3.05, 3.63) is 24.3 Å². The molecular weight excluding hydrogens is 457 g/mol. The summed E-state index contributed by atoms with van der Waals surface area (Å²) in [5.74, 6) is 2.84. The molecule has 0 radical (unpaired) electrons. The highest BCUT2D eigenvalue weighted by Crippen LogP contribution is 2.18. The van der Waals surface area contributed by atoms with Gasteiger partial charge in [-0.15, -0.1) is 24.0 Å². The van der Waals surface area contributed by atoms with Gasteiger partial charge in [-0.1, -0.05) is 13.3 Å². The zero-order valence-electron chi connectivity index (χ0n) is 17.0. The summed E-state index contributed by atoms with van der Waals surface area (Å²) in [7, 11) is 1.65. The normalized spacial score (nSPS) is 13.3. The van der Waals surface area contributed by atoms with Crippen LogP contribution in [0.3, 0.4) is 0 Å². The number of nitrogens with one attached hydrogen (secondary N) is 2. The second-order valence-electron chi connectivity index (χ2n) is 6.37. The molecule has 0 aromatic heterocycles. The predicted molar refractivity (Wildman–Crippen MR) is 123 cm³/mol. The maximum atomic E-state index is 9.18. The van der Waals surface area contributed by atoms with Crippen LogP contribution in [0.15, 0.2) is 29.3 Å². The molecule has 156 valence electrons. The van der Waals surface area contributed by atoms with Crippen molar-refractivity contribution < 1.29 is 14.6 Å². The molecule has 1 rings (SSSR count). The average Bonchev–Trinajstić information content (AvgIpc) is 2.65. The van der Waals surface area contributed by atoms with Gasteiger partial charge in [0.05, 0.1) is 13.7 Å². The van der Waals surface area contributed by atoms with E-state index in [1.807, 2.05) is 38.1 Å². The van der Waals surface area contributed by atoms with Crippen LogP contribution in [0.1, 0.15) is 40.0 Å². The van der Waals surface area contributed by atoms with E-state index in [0.29, 0.717) is 12.5 Å². The van der Waals surface area contributed by atoms with Crippen molar-refractivity contribution in [3.8, 4) is 11.5 Å². The summed E-state index contributed by atoms with van der Waals surface area (Å²) in [5.41, 5.74) is 0. The minimum atomic E-state index is -0.00358.